The summed E-state index contributed by atoms with van der Waals surface area (Å²) >= 11 is 0. The van der Waals surface area contributed by atoms with E-state index in [2.05, 4.69) is 37.9 Å². The van der Waals surface area contributed by atoms with Gasteiger partial charge in [-0.25, -0.2) is 0 Å². The van der Waals surface area contributed by atoms with Gasteiger partial charge in [-0.15, -0.1) is 0 Å². The second-order valence-corrected chi connectivity index (χ2v) is 5.85. The minimum atomic E-state index is -0.0600. The van der Waals surface area contributed by atoms with E-state index in [1.807, 2.05) is 7.05 Å². The zero-order valence-corrected chi connectivity index (χ0v) is 11.5. The second-order valence-electron chi connectivity index (χ2n) is 5.85. The molecule has 0 aromatic carbocycles. The maximum atomic E-state index is 6.15. The van der Waals surface area contributed by atoms with Crippen LogP contribution in [0.4, 0.5) is 0 Å². The van der Waals surface area contributed by atoms with Crippen molar-refractivity contribution >= 4 is 0 Å². The molecule has 1 saturated heterocycles. The van der Waals surface area contributed by atoms with Crippen LogP contribution >= 0.6 is 0 Å². The first-order chi connectivity index (χ1) is 7.42. The van der Waals surface area contributed by atoms with E-state index < -0.39 is 0 Å². The Labute approximate surface area is 101 Å². The van der Waals surface area contributed by atoms with Gasteiger partial charge in [-0.05, 0) is 60.7 Å². The van der Waals surface area contributed by atoms with Gasteiger partial charge >= 0.3 is 0 Å². The topological polar surface area (TPSA) is 24.5 Å². The number of nitrogens with zero attached hydrogens (tertiary/aromatic N) is 1. The molecule has 3 heteroatoms. The summed E-state index contributed by atoms with van der Waals surface area (Å²) in [6.45, 7) is 12.1. The third-order valence-corrected chi connectivity index (χ3v) is 3.15. The molecule has 2 atom stereocenters. The van der Waals surface area contributed by atoms with Crippen LogP contribution in [-0.4, -0.2) is 49.3 Å². The highest BCUT2D eigenvalue weighted by Gasteiger charge is 2.26. The van der Waals surface area contributed by atoms with Crippen LogP contribution in [0.15, 0.2) is 0 Å². The van der Waals surface area contributed by atoms with Crippen molar-refractivity contribution in [2.45, 2.75) is 58.3 Å². The normalized spacial score (nSPS) is 22.3. The van der Waals surface area contributed by atoms with E-state index in [0.717, 1.165) is 6.54 Å². The lowest BCUT2D eigenvalue weighted by molar-refractivity contribution is -0.0813. The molecule has 1 rings (SSSR count). The van der Waals surface area contributed by atoms with Crippen LogP contribution in [0.2, 0.25) is 0 Å². The Morgan fingerprint density at radius 3 is 2.25 bits per heavy atom. The number of likely N-dealkylation sites (tertiary alicyclic amines) is 1. The molecule has 0 saturated carbocycles. The number of hydrogen-bond donors (Lipinski definition) is 1. The largest absolute Gasteiger partial charge is 0.370 e. The van der Waals surface area contributed by atoms with Gasteiger partial charge < -0.3 is 15.0 Å². The van der Waals surface area contributed by atoms with E-state index in [9.17, 15) is 0 Å². The Hall–Kier alpha value is -0.120. The zero-order chi connectivity index (χ0) is 12.2. The number of hydrogen-bond acceptors (Lipinski definition) is 3. The Bertz CT molecular complexity index is 195. The van der Waals surface area contributed by atoms with E-state index in [1.54, 1.807) is 0 Å². The summed E-state index contributed by atoms with van der Waals surface area (Å²) in [7, 11) is 2.01. The molecule has 0 spiro atoms. The lowest BCUT2D eigenvalue weighted by Crippen LogP contribution is -2.47. The van der Waals surface area contributed by atoms with Gasteiger partial charge in [0.15, 0.2) is 0 Å². The zero-order valence-electron chi connectivity index (χ0n) is 11.5. The quantitative estimate of drug-likeness (QED) is 0.777. The van der Waals surface area contributed by atoms with Gasteiger partial charge in [0.25, 0.3) is 0 Å². The van der Waals surface area contributed by atoms with E-state index >= 15 is 0 Å². The smallest absolute Gasteiger partial charge is 0.0858 e. The summed E-state index contributed by atoms with van der Waals surface area (Å²) < 4.78 is 6.15. The molecule has 0 unspecified atom stereocenters. The van der Waals surface area contributed by atoms with Crippen molar-refractivity contribution in [1.82, 2.24) is 10.2 Å². The lowest BCUT2D eigenvalue weighted by Gasteiger charge is -2.34. The number of rotatable bonds is 5. The number of nitrogens with one attached hydrogen (secondary N) is 1. The average molecular weight is 228 g/mol. The number of ether oxygens (including phenoxy) is 1. The molecule has 0 amide bonds. The standard InChI is InChI=1S/C13H28N2O/c1-11(14-5)12(16-13(2,3)4)10-15-8-6-7-9-15/h11-12,14H,6-10H2,1-5H3/t11-,12-/m1/s1. The summed E-state index contributed by atoms with van der Waals surface area (Å²) in [6.07, 6.45) is 2.97. The van der Waals surface area contributed by atoms with Crippen LogP contribution < -0.4 is 5.32 Å². The van der Waals surface area contributed by atoms with Crippen LogP contribution in [0.5, 0.6) is 0 Å². The van der Waals surface area contributed by atoms with Crippen molar-refractivity contribution in [3.05, 3.63) is 0 Å². The molecule has 16 heavy (non-hydrogen) atoms. The first-order valence-electron chi connectivity index (χ1n) is 6.50. The molecule has 0 aromatic rings. The first kappa shape index (κ1) is 13.9. The third kappa shape index (κ3) is 4.81. The molecule has 3 nitrogen and oxygen atoms in total. The van der Waals surface area contributed by atoms with Gasteiger partial charge in [0.1, 0.15) is 0 Å². The molecule has 1 aliphatic heterocycles. The Morgan fingerprint density at radius 1 is 1.25 bits per heavy atom. The minimum absolute atomic E-state index is 0.0600. The fourth-order valence-electron chi connectivity index (χ4n) is 2.16. The van der Waals surface area contributed by atoms with E-state index in [-0.39, 0.29) is 11.7 Å². The van der Waals surface area contributed by atoms with Crippen LogP contribution in [0.3, 0.4) is 0 Å². The predicted molar refractivity (Wildman–Crippen MR) is 68.8 cm³/mol. The summed E-state index contributed by atoms with van der Waals surface area (Å²) in [4.78, 5) is 2.52. The molecule has 1 fully saturated rings. The van der Waals surface area contributed by atoms with Crippen molar-refractivity contribution in [1.29, 1.82) is 0 Å². The predicted octanol–water partition coefficient (Wildman–Crippen LogP) is 1.87. The van der Waals surface area contributed by atoms with Gasteiger partial charge in [0.2, 0.25) is 0 Å². The Kier molecular flexibility index (Phi) is 5.22. The average Bonchev–Trinajstić information content (AvgIpc) is 2.66. The molecular formula is C13H28N2O. The SMILES string of the molecule is CN[C@H](C)[C@@H](CN1CCCC1)OC(C)(C)C. The van der Waals surface area contributed by atoms with Crippen molar-refractivity contribution in [2.24, 2.45) is 0 Å². The van der Waals surface area contributed by atoms with Crippen molar-refractivity contribution in [2.75, 3.05) is 26.7 Å². The van der Waals surface area contributed by atoms with E-state index in [0.29, 0.717) is 6.04 Å². The highest BCUT2D eigenvalue weighted by Crippen LogP contribution is 2.16. The Balaban J connectivity index is 2.49. The highest BCUT2D eigenvalue weighted by atomic mass is 16.5. The minimum Gasteiger partial charge on any atom is -0.370 e. The Morgan fingerprint density at radius 2 is 1.81 bits per heavy atom. The van der Waals surface area contributed by atoms with Gasteiger partial charge in [-0.3, -0.25) is 0 Å². The number of likely N-dealkylation sites (N-methyl/N-ethyl adjacent to an activating group) is 1. The van der Waals surface area contributed by atoms with Crippen LogP contribution in [0, 0.1) is 0 Å². The van der Waals surface area contributed by atoms with E-state index in [4.69, 9.17) is 4.74 Å². The van der Waals surface area contributed by atoms with Crippen LogP contribution in [-0.2, 0) is 4.74 Å². The van der Waals surface area contributed by atoms with E-state index in [1.165, 1.54) is 25.9 Å². The van der Waals surface area contributed by atoms with Gasteiger partial charge in [0, 0.05) is 12.6 Å². The van der Waals surface area contributed by atoms with Crippen LogP contribution in [0.1, 0.15) is 40.5 Å². The molecule has 1 aliphatic rings. The summed E-state index contributed by atoms with van der Waals surface area (Å²) in [6, 6.07) is 0.403. The highest BCUT2D eigenvalue weighted by molar-refractivity contribution is 4.80. The molecule has 1 N–H and O–H groups in total. The van der Waals surface area contributed by atoms with Crippen LogP contribution in [0.25, 0.3) is 0 Å². The van der Waals surface area contributed by atoms with Crippen molar-refractivity contribution in [3.8, 4) is 0 Å². The fourth-order valence-corrected chi connectivity index (χ4v) is 2.16. The molecule has 96 valence electrons. The maximum absolute atomic E-state index is 6.15. The molecule has 0 aliphatic carbocycles. The molecule has 0 radical (unpaired) electrons. The first-order valence-corrected chi connectivity index (χ1v) is 6.50. The summed E-state index contributed by atoms with van der Waals surface area (Å²) in [5.74, 6) is 0. The molecule has 0 bridgehead atoms. The lowest BCUT2D eigenvalue weighted by atomic mass is 10.1. The third-order valence-electron chi connectivity index (χ3n) is 3.15. The summed E-state index contributed by atoms with van der Waals surface area (Å²) in [5, 5.41) is 3.31. The van der Waals surface area contributed by atoms with Crippen molar-refractivity contribution in [3.63, 3.8) is 0 Å². The fraction of sp³-hybridized carbons (Fsp3) is 1.00. The van der Waals surface area contributed by atoms with Crippen molar-refractivity contribution < 1.29 is 4.74 Å². The second kappa shape index (κ2) is 5.99. The molecule has 1 heterocycles. The van der Waals surface area contributed by atoms with Gasteiger partial charge in [0.05, 0.1) is 11.7 Å². The molecule has 0 aromatic heterocycles. The molecular weight excluding hydrogens is 200 g/mol. The van der Waals surface area contributed by atoms with Gasteiger partial charge in [-0.1, -0.05) is 0 Å². The maximum Gasteiger partial charge on any atom is 0.0858 e. The van der Waals surface area contributed by atoms with Gasteiger partial charge in [-0.2, -0.15) is 0 Å². The monoisotopic (exact) mass is 228 g/mol. The summed E-state index contributed by atoms with van der Waals surface area (Å²) in [5.41, 5.74) is -0.0600.